The van der Waals surface area contributed by atoms with E-state index in [4.69, 9.17) is 17.3 Å². The van der Waals surface area contributed by atoms with Crippen molar-refractivity contribution in [2.75, 3.05) is 31.1 Å². The highest BCUT2D eigenvalue weighted by Gasteiger charge is 2.29. The second-order valence-corrected chi connectivity index (χ2v) is 8.41. The van der Waals surface area contributed by atoms with Crippen LogP contribution in [0.5, 0.6) is 0 Å². The van der Waals surface area contributed by atoms with Crippen LogP contribution in [0.25, 0.3) is 0 Å². The molecule has 2 rings (SSSR count). The monoisotopic (exact) mass is 346 g/mol. The number of hydrogen-bond donors (Lipinski definition) is 1. The summed E-state index contributed by atoms with van der Waals surface area (Å²) in [4.78, 5) is 0.0511. The molecule has 0 unspecified atom stereocenters. The Labute approximate surface area is 132 Å². The van der Waals surface area contributed by atoms with Crippen LogP contribution in [-0.4, -0.2) is 48.1 Å². The summed E-state index contributed by atoms with van der Waals surface area (Å²) in [6.07, 6.45) is 0. The quantitative estimate of drug-likeness (QED) is 0.786. The van der Waals surface area contributed by atoms with Crippen molar-refractivity contribution in [3.8, 4) is 11.8 Å². The molecule has 0 aromatic heterocycles. The predicted octanol–water partition coefficient (Wildman–Crippen LogP) is 0.403. The third-order valence-corrected chi connectivity index (χ3v) is 6.68. The van der Waals surface area contributed by atoms with Crippen LogP contribution in [0.4, 0.5) is 0 Å². The SMILES string of the molecule is NCC#Cc1ccc(S(=O)(=O)N2CCS(=O)CC2)c(Cl)c1. The molecule has 21 heavy (non-hydrogen) atoms. The van der Waals surface area contributed by atoms with Crippen molar-refractivity contribution in [1.29, 1.82) is 0 Å². The van der Waals surface area contributed by atoms with Crippen LogP contribution in [-0.2, 0) is 20.8 Å². The van der Waals surface area contributed by atoms with Crippen molar-refractivity contribution in [2.24, 2.45) is 5.73 Å². The largest absolute Gasteiger partial charge is 0.320 e. The Hall–Kier alpha value is -0.910. The molecule has 0 saturated carbocycles. The zero-order valence-corrected chi connectivity index (χ0v) is 13.6. The van der Waals surface area contributed by atoms with Gasteiger partial charge in [-0.3, -0.25) is 4.21 Å². The normalized spacial score (nSPS) is 17.2. The molecular formula is C13H15ClN2O3S2. The number of benzene rings is 1. The maximum atomic E-state index is 12.5. The molecule has 1 aliphatic rings. The van der Waals surface area contributed by atoms with Crippen molar-refractivity contribution in [1.82, 2.24) is 4.31 Å². The van der Waals surface area contributed by atoms with E-state index in [0.29, 0.717) is 17.1 Å². The first-order valence-electron chi connectivity index (χ1n) is 6.29. The van der Waals surface area contributed by atoms with E-state index >= 15 is 0 Å². The summed E-state index contributed by atoms with van der Waals surface area (Å²) < 4.78 is 37.7. The van der Waals surface area contributed by atoms with E-state index in [0.717, 1.165) is 0 Å². The number of nitrogens with two attached hydrogens (primary N) is 1. The summed E-state index contributed by atoms with van der Waals surface area (Å²) in [6, 6.07) is 4.56. The lowest BCUT2D eigenvalue weighted by Crippen LogP contribution is -2.41. The summed E-state index contributed by atoms with van der Waals surface area (Å²) in [5.41, 5.74) is 5.90. The lowest BCUT2D eigenvalue weighted by atomic mass is 10.2. The molecule has 1 fully saturated rings. The van der Waals surface area contributed by atoms with E-state index < -0.39 is 20.8 Å². The van der Waals surface area contributed by atoms with Crippen LogP contribution in [0.15, 0.2) is 23.1 Å². The van der Waals surface area contributed by atoms with E-state index in [1.54, 1.807) is 6.07 Å². The Balaban J connectivity index is 2.30. The molecule has 1 aromatic carbocycles. The summed E-state index contributed by atoms with van der Waals surface area (Å²) in [5, 5.41) is 0.130. The van der Waals surface area contributed by atoms with Gasteiger partial charge in [-0.15, -0.1) is 0 Å². The van der Waals surface area contributed by atoms with Crippen LogP contribution < -0.4 is 5.73 Å². The Bertz CT molecular complexity index is 713. The summed E-state index contributed by atoms with van der Waals surface area (Å²) in [7, 11) is -4.59. The standard InChI is InChI=1S/C13H15ClN2O3S2/c14-12-10-11(2-1-5-15)3-4-13(12)21(18,19)16-6-8-20(17)9-7-16/h3-4,10H,5-9,15H2. The third-order valence-electron chi connectivity index (χ3n) is 3.02. The smallest absolute Gasteiger partial charge is 0.244 e. The van der Waals surface area contributed by atoms with E-state index in [-0.39, 0.29) is 29.6 Å². The van der Waals surface area contributed by atoms with Crippen LogP contribution in [0, 0.1) is 11.8 Å². The van der Waals surface area contributed by atoms with Gasteiger partial charge in [0, 0.05) is 41.0 Å². The zero-order valence-electron chi connectivity index (χ0n) is 11.2. The lowest BCUT2D eigenvalue weighted by Gasteiger charge is -2.25. The number of nitrogens with zero attached hydrogens (tertiary/aromatic N) is 1. The highest BCUT2D eigenvalue weighted by Crippen LogP contribution is 2.26. The van der Waals surface area contributed by atoms with Crippen LogP contribution in [0.3, 0.4) is 0 Å². The van der Waals surface area contributed by atoms with Gasteiger partial charge < -0.3 is 5.73 Å². The molecule has 1 saturated heterocycles. The van der Waals surface area contributed by atoms with Gasteiger partial charge >= 0.3 is 0 Å². The van der Waals surface area contributed by atoms with Gasteiger partial charge in [0.15, 0.2) is 0 Å². The summed E-state index contributed by atoms with van der Waals surface area (Å²) in [6.45, 7) is 0.725. The fourth-order valence-electron chi connectivity index (χ4n) is 1.94. The molecule has 1 aliphatic heterocycles. The Morgan fingerprint density at radius 2 is 2.00 bits per heavy atom. The summed E-state index contributed by atoms with van der Waals surface area (Å²) in [5.74, 6) is 6.20. The van der Waals surface area contributed by atoms with Crippen molar-refractivity contribution >= 4 is 32.4 Å². The third kappa shape index (κ3) is 3.84. The number of sulfonamides is 1. The lowest BCUT2D eigenvalue weighted by molar-refractivity contribution is 0.439. The minimum absolute atomic E-state index is 0.0511. The van der Waals surface area contributed by atoms with Gasteiger partial charge in [-0.05, 0) is 18.2 Å². The minimum Gasteiger partial charge on any atom is -0.320 e. The van der Waals surface area contributed by atoms with E-state index in [9.17, 15) is 12.6 Å². The van der Waals surface area contributed by atoms with E-state index in [2.05, 4.69) is 11.8 Å². The second kappa shape index (κ2) is 6.90. The van der Waals surface area contributed by atoms with Gasteiger partial charge in [-0.25, -0.2) is 8.42 Å². The molecule has 0 aliphatic carbocycles. The fourth-order valence-corrected chi connectivity index (χ4v) is 5.18. The van der Waals surface area contributed by atoms with E-state index in [1.165, 1.54) is 16.4 Å². The highest BCUT2D eigenvalue weighted by molar-refractivity contribution is 7.89. The molecule has 8 heteroatoms. The van der Waals surface area contributed by atoms with Gasteiger partial charge in [0.1, 0.15) is 4.90 Å². The molecule has 0 atom stereocenters. The number of hydrogen-bond acceptors (Lipinski definition) is 4. The van der Waals surface area contributed by atoms with Crippen molar-refractivity contribution in [2.45, 2.75) is 4.90 Å². The summed E-state index contributed by atoms with van der Waals surface area (Å²) >= 11 is 6.08. The van der Waals surface area contributed by atoms with Gasteiger partial charge in [0.25, 0.3) is 0 Å². The topological polar surface area (TPSA) is 80.5 Å². The van der Waals surface area contributed by atoms with Crippen molar-refractivity contribution in [3.05, 3.63) is 28.8 Å². The first kappa shape index (κ1) is 16.5. The van der Waals surface area contributed by atoms with E-state index in [1.807, 2.05) is 0 Å². The maximum Gasteiger partial charge on any atom is 0.244 e. The molecular weight excluding hydrogens is 332 g/mol. The fraction of sp³-hybridized carbons (Fsp3) is 0.385. The molecule has 0 spiro atoms. The second-order valence-electron chi connectivity index (χ2n) is 4.40. The molecule has 0 radical (unpaired) electrons. The average Bonchev–Trinajstić information content (AvgIpc) is 2.45. The number of halogens is 1. The molecule has 2 N–H and O–H groups in total. The molecule has 1 aromatic rings. The Morgan fingerprint density at radius 1 is 1.33 bits per heavy atom. The van der Waals surface area contributed by atoms with Crippen LogP contribution in [0.1, 0.15) is 5.56 Å². The van der Waals surface area contributed by atoms with Gasteiger partial charge in [0.05, 0.1) is 11.6 Å². The molecule has 114 valence electrons. The predicted molar refractivity (Wildman–Crippen MR) is 84.0 cm³/mol. The Morgan fingerprint density at radius 3 is 2.57 bits per heavy atom. The molecule has 0 amide bonds. The molecule has 1 heterocycles. The average molecular weight is 347 g/mol. The maximum absolute atomic E-state index is 12.5. The first-order chi connectivity index (χ1) is 9.95. The van der Waals surface area contributed by atoms with Crippen molar-refractivity contribution in [3.63, 3.8) is 0 Å². The van der Waals surface area contributed by atoms with Crippen LogP contribution in [0.2, 0.25) is 5.02 Å². The van der Waals surface area contributed by atoms with Crippen molar-refractivity contribution < 1.29 is 12.6 Å². The Kier molecular flexibility index (Phi) is 5.41. The van der Waals surface area contributed by atoms with Gasteiger partial charge in [-0.1, -0.05) is 23.4 Å². The first-order valence-corrected chi connectivity index (χ1v) is 9.59. The van der Waals surface area contributed by atoms with Crippen LogP contribution >= 0.6 is 11.6 Å². The number of rotatable bonds is 2. The van der Waals surface area contributed by atoms with Gasteiger partial charge in [0.2, 0.25) is 10.0 Å². The minimum atomic E-state index is -3.66. The zero-order chi connectivity index (χ0) is 15.5. The molecule has 5 nitrogen and oxygen atoms in total. The van der Waals surface area contributed by atoms with Gasteiger partial charge in [-0.2, -0.15) is 4.31 Å². The molecule has 0 bridgehead atoms. The highest BCUT2D eigenvalue weighted by atomic mass is 35.5.